The van der Waals surface area contributed by atoms with Gasteiger partial charge in [0, 0.05) is 32.6 Å². The molecule has 0 spiro atoms. The molecule has 2 aliphatic rings. The number of carbonyl (C=O) groups excluding carboxylic acids is 1. The van der Waals surface area contributed by atoms with Crippen LogP contribution in [0.2, 0.25) is 0 Å². The van der Waals surface area contributed by atoms with E-state index in [1.165, 1.54) is 0 Å². The lowest BCUT2D eigenvalue weighted by Crippen LogP contribution is -2.43. The molecule has 0 N–H and O–H groups in total. The molecule has 0 bridgehead atoms. The lowest BCUT2D eigenvalue weighted by atomic mass is 9.95. The van der Waals surface area contributed by atoms with Gasteiger partial charge in [0.1, 0.15) is 11.9 Å². The van der Waals surface area contributed by atoms with Gasteiger partial charge in [-0.25, -0.2) is 4.98 Å². The molecular formula is C22H29N3O4. The summed E-state index contributed by atoms with van der Waals surface area (Å²) >= 11 is 0. The first-order chi connectivity index (χ1) is 14.2. The van der Waals surface area contributed by atoms with Gasteiger partial charge in [-0.1, -0.05) is 18.1 Å². The third-order valence-electron chi connectivity index (χ3n) is 5.83. The van der Waals surface area contributed by atoms with Crippen LogP contribution in [0, 0.1) is 12.8 Å². The summed E-state index contributed by atoms with van der Waals surface area (Å²) in [4.78, 5) is 19.6. The van der Waals surface area contributed by atoms with Crippen molar-refractivity contribution in [2.24, 2.45) is 5.92 Å². The second-order valence-corrected chi connectivity index (χ2v) is 7.83. The van der Waals surface area contributed by atoms with E-state index in [4.69, 9.17) is 19.0 Å². The number of ether oxygens (including phenoxy) is 2. The van der Waals surface area contributed by atoms with E-state index in [0.717, 1.165) is 60.9 Å². The van der Waals surface area contributed by atoms with E-state index in [9.17, 15) is 4.79 Å². The Hall–Kier alpha value is -2.25. The average Bonchev–Trinajstić information content (AvgIpc) is 3.15. The van der Waals surface area contributed by atoms with Gasteiger partial charge in [-0.3, -0.25) is 4.79 Å². The molecule has 0 radical (unpaired) electrons. The Morgan fingerprint density at radius 3 is 2.86 bits per heavy atom. The molecule has 0 saturated carbocycles. The van der Waals surface area contributed by atoms with Crippen molar-refractivity contribution in [2.75, 3.05) is 32.9 Å². The number of pyridine rings is 1. The molecule has 2 saturated heterocycles. The Morgan fingerprint density at radius 1 is 1.24 bits per heavy atom. The van der Waals surface area contributed by atoms with Gasteiger partial charge < -0.3 is 18.9 Å². The highest BCUT2D eigenvalue weighted by atomic mass is 16.5. The third kappa shape index (κ3) is 4.51. The summed E-state index contributed by atoms with van der Waals surface area (Å²) in [5.74, 6) is 1.48. The molecule has 2 fully saturated rings. The number of nitrogens with zero attached hydrogens (tertiary/aromatic N) is 3. The van der Waals surface area contributed by atoms with E-state index < -0.39 is 0 Å². The minimum Gasteiger partial charge on any atom is -0.381 e. The molecule has 29 heavy (non-hydrogen) atoms. The smallest absolute Gasteiger partial charge is 0.223 e. The molecule has 0 aromatic carbocycles. The van der Waals surface area contributed by atoms with Gasteiger partial charge in [-0.05, 0) is 37.8 Å². The highest BCUT2D eigenvalue weighted by molar-refractivity contribution is 5.76. The first kappa shape index (κ1) is 20.0. The molecule has 7 heteroatoms. The van der Waals surface area contributed by atoms with Crippen LogP contribution in [-0.2, 0) is 20.7 Å². The third-order valence-corrected chi connectivity index (χ3v) is 5.83. The van der Waals surface area contributed by atoms with Gasteiger partial charge in [-0.2, -0.15) is 0 Å². The molecule has 156 valence electrons. The number of rotatable bonds is 5. The first-order valence-corrected chi connectivity index (χ1v) is 10.5. The predicted molar refractivity (Wildman–Crippen MR) is 107 cm³/mol. The summed E-state index contributed by atoms with van der Waals surface area (Å²) in [6, 6.07) is 5.92. The highest BCUT2D eigenvalue weighted by Crippen LogP contribution is 2.29. The quantitative estimate of drug-likeness (QED) is 0.768. The molecule has 2 aromatic heterocycles. The molecule has 1 amide bonds. The van der Waals surface area contributed by atoms with Crippen molar-refractivity contribution >= 4 is 5.91 Å². The average molecular weight is 399 g/mol. The van der Waals surface area contributed by atoms with Crippen LogP contribution >= 0.6 is 0 Å². The number of carbonyl (C=O) groups is 1. The number of aryl methyl sites for hydroxylation is 2. The molecule has 0 aliphatic carbocycles. The zero-order valence-corrected chi connectivity index (χ0v) is 17.2. The Bertz CT molecular complexity index is 844. The van der Waals surface area contributed by atoms with E-state index in [1.807, 2.05) is 36.9 Å². The van der Waals surface area contributed by atoms with Crippen LogP contribution in [0.25, 0.3) is 11.3 Å². The molecule has 1 atom stereocenters. The minimum absolute atomic E-state index is 0.213. The van der Waals surface area contributed by atoms with Gasteiger partial charge in [0.2, 0.25) is 5.91 Å². The number of amides is 1. The maximum atomic E-state index is 12.8. The summed E-state index contributed by atoms with van der Waals surface area (Å²) in [5, 5.41) is 4.09. The van der Waals surface area contributed by atoms with Crippen LogP contribution in [-0.4, -0.2) is 53.9 Å². The Morgan fingerprint density at radius 2 is 2.07 bits per heavy atom. The van der Waals surface area contributed by atoms with E-state index in [-0.39, 0.29) is 12.0 Å². The molecule has 2 aliphatic heterocycles. The van der Waals surface area contributed by atoms with E-state index in [2.05, 4.69) is 5.16 Å². The summed E-state index contributed by atoms with van der Waals surface area (Å²) in [7, 11) is 0. The second-order valence-electron chi connectivity index (χ2n) is 7.83. The maximum Gasteiger partial charge on any atom is 0.223 e. The minimum atomic E-state index is -0.215. The van der Waals surface area contributed by atoms with Crippen molar-refractivity contribution in [1.82, 2.24) is 15.0 Å². The molecule has 4 rings (SSSR count). The number of hydrogen-bond acceptors (Lipinski definition) is 6. The van der Waals surface area contributed by atoms with Crippen molar-refractivity contribution in [1.29, 1.82) is 0 Å². The molecule has 2 aromatic rings. The van der Waals surface area contributed by atoms with Crippen LogP contribution in [0.1, 0.15) is 49.4 Å². The topological polar surface area (TPSA) is 77.7 Å². The monoisotopic (exact) mass is 399 g/mol. The van der Waals surface area contributed by atoms with Crippen LogP contribution in [0.5, 0.6) is 0 Å². The first-order valence-electron chi connectivity index (χ1n) is 10.5. The fraction of sp³-hybridized carbons (Fsp3) is 0.591. The van der Waals surface area contributed by atoms with Crippen LogP contribution < -0.4 is 0 Å². The summed E-state index contributed by atoms with van der Waals surface area (Å²) < 4.78 is 16.8. The summed E-state index contributed by atoms with van der Waals surface area (Å²) in [6.07, 6.45) is 3.09. The maximum absolute atomic E-state index is 12.8. The van der Waals surface area contributed by atoms with Crippen LogP contribution in [0.3, 0.4) is 0 Å². The SMILES string of the molecule is CCc1onc(C)c1-c1cccc([C@@H]2CN(C(=O)CC3CCOCC3)CCO2)n1. The fourth-order valence-electron chi connectivity index (χ4n) is 4.14. The lowest BCUT2D eigenvalue weighted by Gasteiger charge is -2.34. The van der Waals surface area contributed by atoms with Gasteiger partial charge >= 0.3 is 0 Å². The van der Waals surface area contributed by atoms with Crippen molar-refractivity contribution in [3.05, 3.63) is 35.3 Å². The van der Waals surface area contributed by atoms with Gasteiger partial charge in [0.25, 0.3) is 0 Å². The van der Waals surface area contributed by atoms with Gasteiger partial charge in [0.15, 0.2) is 0 Å². The van der Waals surface area contributed by atoms with E-state index in [0.29, 0.717) is 32.0 Å². The summed E-state index contributed by atoms with van der Waals surface area (Å²) in [5.41, 5.74) is 3.48. The molecule has 0 unspecified atom stereocenters. The predicted octanol–water partition coefficient (Wildman–Crippen LogP) is 3.32. The van der Waals surface area contributed by atoms with Gasteiger partial charge in [0.05, 0.1) is 35.8 Å². The number of aromatic nitrogens is 2. The molecular weight excluding hydrogens is 370 g/mol. The largest absolute Gasteiger partial charge is 0.381 e. The lowest BCUT2D eigenvalue weighted by molar-refractivity contribution is -0.140. The van der Waals surface area contributed by atoms with Crippen LogP contribution in [0.4, 0.5) is 0 Å². The Labute approximate surface area is 171 Å². The Kier molecular flexibility index (Phi) is 6.25. The zero-order valence-electron chi connectivity index (χ0n) is 17.2. The molecule has 7 nitrogen and oxygen atoms in total. The summed E-state index contributed by atoms with van der Waals surface area (Å²) in [6.45, 7) is 7.22. The fourth-order valence-corrected chi connectivity index (χ4v) is 4.14. The van der Waals surface area contributed by atoms with Crippen molar-refractivity contribution in [3.63, 3.8) is 0 Å². The highest BCUT2D eigenvalue weighted by Gasteiger charge is 2.28. The Balaban J connectivity index is 1.47. The van der Waals surface area contributed by atoms with Crippen LogP contribution in [0.15, 0.2) is 22.7 Å². The van der Waals surface area contributed by atoms with Crippen molar-refractivity contribution in [2.45, 2.75) is 45.6 Å². The standard InChI is InChI=1S/C22H29N3O4/c1-3-19-22(15(2)24-29-19)18-6-4-5-17(23-18)20-14-25(9-12-28-20)21(26)13-16-7-10-27-11-8-16/h4-6,16,20H,3,7-14H2,1-2H3/t20-/m0/s1. The zero-order chi connectivity index (χ0) is 20.2. The normalized spacial score (nSPS) is 20.8. The molecule has 4 heterocycles. The van der Waals surface area contributed by atoms with E-state index >= 15 is 0 Å². The second kappa shape index (κ2) is 9.05. The van der Waals surface area contributed by atoms with Gasteiger partial charge in [-0.15, -0.1) is 0 Å². The van der Waals surface area contributed by atoms with E-state index in [1.54, 1.807) is 0 Å². The van der Waals surface area contributed by atoms with Crippen molar-refractivity contribution < 1.29 is 18.8 Å². The van der Waals surface area contributed by atoms with Crippen molar-refractivity contribution in [3.8, 4) is 11.3 Å². The number of morpholine rings is 1. The number of hydrogen-bond donors (Lipinski definition) is 0.